The van der Waals surface area contributed by atoms with Crippen LogP contribution in [0.5, 0.6) is 0 Å². The van der Waals surface area contributed by atoms with E-state index in [1.165, 1.54) is 5.56 Å². The van der Waals surface area contributed by atoms with Crippen LogP contribution in [-0.2, 0) is 11.3 Å². The quantitative estimate of drug-likeness (QED) is 0.931. The zero-order valence-corrected chi connectivity index (χ0v) is 14.1. The van der Waals surface area contributed by atoms with Gasteiger partial charge >= 0.3 is 6.09 Å². The molecule has 1 aromatic rings. The molecular weight excluding hydrogens is 290 g/mol. The monoisotopic (exact) mass is 315 g/mol. The molecule has 1 heterocycles. The number of carbonyl (C=O) groups excluding carboxylic acids is 1. The van der Waals surface area contributed by atoms with Gasteiger partial charge < -0.3 is 10.1 Å². The van der Waals surface area contributed by atoms with Crippen molar-refractivity contribution in [3.8, 4) is 6.07 Å². The van der Waals surface area contributed by atoms with Crippen LogP contribution in [0.4, 0.5) is 4.79 Å². The Kier molecular flexibility index (Phi) is 5.27. The number of hydrogen-bond donors (Lipinski definition) is 1. The third kappa shape index (κ3) is 5.26. The van der Waals surface area contributed by atoms with Crippen LogP contribution in [0.15, 0.2) is 30.3 Å². The fourth-order valence-electron chi connectivity index (χ4n) is 2.70. The van der Waals surface area contributed by atoms with Gasteiger partial charge in [0.15, 0.2) is 0 Å². The zero-order chi connectivity index (χ0) is 16.9. The van der Waals surface area contributed by atoms with Gasteiger partial charge in [0.2, 0.25) is 0 Å². The van der Waals surface area contributed by atoms with Gasteiger partial charge in [0.1, 0.15) is 11.1 Å². The van der Waals surface area contributed by atoms with Crippen molar-refractivity contribution in [2.75, 3.05) is 13.1 Å². The number of likely N-dealkylation sites (tertiary alicyclic amines) is 1. The highest BCUT2D eigenvalue weighted by atomic mass is 16.6. The summed E-state index contributed by atoms with van der Waals surface area (Å²) >= 11 is 0. The van der Waals surface area contributed by atoms with Gasteiger partial charge in [-0.15, -0.1) is 0 Å². The largest absolute Gasteiger partial charge is 0.444 e. The van der Waals surface area contributed by atoms with E-state index in [1.807, 2.05) is 39.0 Å². The van der Waals surface area contributed by atoms with Crippen LogP contribution in [-0.4, -0.2) is 35.2 Å². The van der Waals surface area contributed by atoms with Gasteiger partial charge in [0.25, 0.3) is 0 Å². The Morgan fingerprint density at radius 2 is 1.91 bits per heavy atom. The lowest BCUT2D eigenvalue weighted by molar-refractivity contribution is 0.0434. The zero-order valence-electron chi connectivity index (χ0n) is 14.1. The van der Waals surface area contributed by atoms with Crippen LogP contribution in [0.3, 0.4) is 0 Å². The Hall–Kier alpha value is -2.06. The second-order valence-electron chi connectivity index (χ2n) is 7.08. The highest BCUT2D eigenvalue weighted by Crippen LogP contribution is 2.23. The first-order valence-corrected chi connectivity index (χ1v) is 8.01. The lowest BCUT2D eigenvalue weighted by Gasteiger charge is -2.38. The SMILES string of the molecule is CC(C)(C)OC(=O)NC1(C#N)CCN(Cc2ccccc2)CC1. The first kappa shape index (κ1) is 17.3. The second-order valence-corrected chi connectivity index (χ2v) is 7.08. The van der Waals surface area contributed by atoms with E-state index in [9.17, 15) is 10.1 Å². The molecule has 0 aliphatic carbocycles. The van der Waals surface area contributed by atoms with Crippen LogP contribution >= 0.6 is 0 Å². The van der Waals surface area contributed by atoms with Crippen LogP contribution < -0.4 is 5.32 Å². The average Bonchev–Trinajstić information content (AvgIpc) is 2.48. The molecule has 0 unspecified atom stereocenters. The lowest BCUT2D eigenvalue weighted by atomic mass is 9.89. The molecule has 0 spiro atoms. The number of nitriles is 1. The molecule has 5 heteroatoms. The van der Waals surface area contributed by atoms with Gasteiger partial charge in [-0.05, 0) is 39.2 Å². The summed E-state index contributed by atoms with van der Waals surface area (Å²) in [5, 5.41) is 12.3. The lowest BCUT2D eigenvalue weighted by Crippen LogP contribution is -2.55. The number of benzene rings is 1. The van der Waals surface area contributed by atoms with Gasteiger partial charge in [0, 0.05) is 19.6 Å². The van der Waals surface area contributed by atoms with Crippen molar-refractivity contribution in [2.24, 2.45) is 0 Å². The predicted octanol–water partition coefficient (Wildman–Crippen LogP) is 3.07. The van der Waals surface area contributed by atoms with Gasteiger partial charge in [-0.3, -0.25) is 4.90 Å². The minimum absolute atomic E-state index is 0.518. The van der Waals surface area contributed by atoms with Crippen LogP contribution in [0.2, 0.25) is 0 Å². The summed E-state index contributed by atoms with van der Waals surface area (Å²) in [7, 11) is 0. The van der Waals surface area contributed by atoms with Gasteiger partial charge in [-0.25, -0.2) is 4.79 Å². The smallest absolute Gasteiger partial charge is 0.408 e. The van der Waals surface area contributed by atoms with Crippen molar-refractivity contribution < 1.29 is 9.53 Å². The van der Waals surface area contributed by atoms with Gasteiger partial charge in [-0.1, -0.05) is 30.3 Å². The number of piperidine rings is 1. The molecule has 1 aromatic carbocycles. The Balaban J connectivity index is 1.89. The number of rotatable bonds is 3. The van der Waals surface area contributed by atoms with Crippen molar-refractivity contribution in [1.82, 2.24) is 10.2 Å². The van der Waals surface area contributed by atoms with Crippen molar-refractivity contribution in [2.45, 2.75) is 51.3 Å². The summed E-state index contributed by atoms with van der Waals surface area (Å²) in [5.41, 5.74) is -0.123. The molecule has 0 radical (unpaired) electrons. The van der Waals surface area contributed by atoms with E-state index < -0.39 is 17.2 Å². The van der Waals surface area contributed by atoms with Crippen LogP contribution in [0.25, 0.3) is 0 Å². The molecule has 1 aliphatic rings. The van der Waals surface area contributed by atoms with Crippen molar-refractivity contribution >= 4 is 6.09 Å². The van der Waals surface area contributed by atoms with E-state index in [2.05, 4.69) is 28.4 Å². The number of nitrogens with zero attached hydrogens (tertiary/aromatic N) is 2. The van der Waals surface area contributed by atoms with Crippen LogP contribution in [0.1, 0.15) is 39.2 Å². The normalized spacial score (nSPS) is 18.0. The Bertz CT molecular complexity index is 564. The number of hydrogen-bond acceptors (Lipinski definition) is 4. The first-order valence-electron chi connectivity index (χ1n) is 8.01. The van der Waals surface area contributed by atoms with E-state index in [1.54, 1.807) is 0 Å². The molecule has 1 N–H and O–H groups in total. The molecule has 1 fully saturated rings. The van der Waals surface area contributed by atoms with E-state index in [-0.39, 0.29) is 0 Å². The van der Waals surface area contributed by atoms with Gasteiger partial charge in [-0.2, -0.15) is 5.26 Å². The summed E-state index contributed by atoms with van der Waals surface area (Å²) in [6.07, 6.45) is 0.695. The average molecular weight is 315 g/mol. The number of alkyl carbamates (subject to hydrolysis) is 1. The third-order valence-electron chi connectivity index (χ3n) is 3.91. The fourth-order valence-corrected chi connectivity index (χ4v) is 2.70. The Labute approximate surface area is 138 Å². The van der Waals surface area contributed by atoms with Crippen LogP contribution in [0, 0.1) is 11.3 Å². The molecule has 23 heavy (non-hydrogen) atoms. The Morgan fingerprint density at radius 1 is 1.30 bits per heavy atom. The molecule has 5 nitrogen and oxygen atoms in total. The number of nitrogens with one attached hydrogen (secondary N) is 1. The predicted molar refractivity (Wildman–Crippen MR) is 88.7 cm³/mol. The van der Waals surface area contributed by atoms with Gasteiger partial charge in [0.05, 0.1) is 6.07 Å². The highest BCUT2D eigenvalue weighted by molar-refractivity contribution is 5.69. The highest BCUT2D eigenvalue weighted by Gasteiger charge is 2.37. The minimum Gasteiger partial charge on any atom is -0.444 e. The van der Waals surface area contributed by atoms with E-state index in [0.29, 0.717) is 12.8 Å². The molecule has 124 valence electrons. The van der Waals surface area contributed by atoms with E-state index in [0.717, 1.165) is 19.6 Å². The summed E-state index contributed by atoms with van der Waals surface area (Å²) in [6, 6.07) is 12.6. The minimum atomic E-state index is -0.824. The molecule has 0 aromatic heterocycles. The maximum atomic E-state index is 12.0. The molecule has 0 bridgehead atoms. The molecular formula is C18H25N3O2. The fraction of sp³-hybridized carbons (Fsp3) is 0.556. The summed E-state index contributed by atoms with van der Waals surface area (Å²) in [6.45, 7) is 7.86. The van der Waals surface area contributed by atoms with Crippen molar-refractivity contribution in [3.63, 3.8) is 0 Å². The maximum absolute atomic E-state index is 12.0. The summed E-state index contributed by atoms with van der Waals surface area (Å²) < 4.78 is 5.28. The van der Waals surface area contributed by atoms with E-state index in [4.69, 9.17) is 4.74 Å². The molecule has 0 saturated carbocycles. The number of ether oxygens (including phenoxy) is 1. The topological polar surface area (TPSA) is 65.4 Å². The molecule has 2 rings (SSSR count). The summed E-state index contributed by atoms with van der Waals surface area (Å²) in [4.78, 5) is 14.3. The number of amides is 1. The molecule has 1 amide bonds. The maximum Gasteiger partial charge on any atom is 0.408 e. The number of carbonyl (C=O) groups is 1. The first-order chi connectivity index (χ1) is 10.8. The second kappa shape index (κ2) is 7.01. The van der Waals surface area contributed by atoms with Crippen molar-refractivity contribution in [1.29, 1.82) is 5.26 Å². The van der Waals surface area contributed by atoms with Crippen molar-refractivity contribution in [3.05, 3.63) is 35.9 Å². The summed E-state index contributed by atoms with van der Waals surface area (Å²) in [5.74, 6) is 0. The Morgan fingerprint density at radius 3 is 2.43 bits per heavy atom. The third-order valence-corrected chi connectivity index (χ3v) is 3.91. The van der Waals surface area contributed by atoms with E-state index >= 15 is 0 Å². The molecule has 0 atom stereocenters. The molecule has 1 saturated heterocycles. The standard InChI is InChI=1S/C18H25N3O2/c1-17(2,3)23-16(22)20-18(14-19)9-11-21(12-10-18)13-15-7-5-4-6-8-15/h4-8H,9-13H2,1-3H3,(H,20,22). The molecule has 1 aliphatic heterocycles.